The second kappa shape index (κ2) is 5.48. The van der Waals surface area contributed by atoms with Gasteiger partial charge in [-0.3, -0.25) is 0 Å². The highest BCUT2D eigenvalue weighted by molar-refractivity contribution is 5.32. The Kier molecular flexibility index (Phi) is 3.75. The Balaban J connectivity index is 1.73. The van der Waals surface area contributed by atoms with Gasteiger partial charge >= 0.3 is 0 Å². The van der Waals surface area contributed by atoms with Crippen LogP contribution in [0.25, 0.3) is 0 Å². The number of aliphatic hydroxyl groups excluding tert-OH is 1. The van der Waals surface area contributed by atoms with Crippen molar-refractivity contribution in [1.29, 1.82) is 0 Å². The van der Waals surface area contributed by atoms with Crippen molar-refractivity contribution in [3.63, 3.8) is 0 Å². The second-order valence-electron chi connectivity index (χ2n) is 8.72. The standard InChI is InChI=1S/C22H30O2/c1-4-21-13-14(3)20-17-9-7-16(23)12-15(17)6-8-18(20)19(21)10-11-22(21,24)5-2/h2,12,16-20,23-24H,3-4,6-11,13H2,1H3/t16?,17-,18-,19-,20+,21-,22-/m0/s1. The average Bonchev–Trinajstić information content (AvgIpc) is 2.88. The fourth-order valence-electron chi connectivity index (χ4n) is 7.03. The number of hydrogen-bond acceptors (Lipinski definition) is 2. The summed E-state index contributed by atoms with van der Waals surface area (Å²) in [5, 5.41) is 21.2. The van der Waals surface area contributed by atoms with E-state index in [0.717, 1.165) is 51.4 Å². The van der Waals surface area contributed by atoms with Crippen LogP contribution in [0.15, 0.2) is 23.8 Å². The molecular weight excluding hydrogens is 296 g/mol. The maximum absolute atomic E-state index is 11.2. The van der Waals surface area contributed by atoms with E-state index in [1.54, 1.807) is 0 Å². The van der Waals surface area contributed by atoms with Gasteiger partial charge in [-0.15, -0.1) is 6.42 Å². The molecule has 0 heterocycles. The number of allylic oxidation sites excluding steroid dienone is 2. The molecule has 0 aromatic heterocycles. The number of aliphatic hydroxyl groups is 2. The molecule has 1 unspecified atom stereocenters. The van der Waals surface area contributed by atoms with Crippen molar-refractivity contribution in [2.24, 2.45) is 29.1 Å². The van der Waals surface area contributed by atoms with E-state index in [2.05, 4.69) is 25.5 Å². The summed E-state index contributed by atoms with van der Waals surface area (Å²) in [6.07, 6.45) is 15.5. The molecule has 0 amide bonds. The maximum atomic E-state index is 11.2. The van der Waals surface area contributed by atoms with Gasteiger partial charge in [-0.1, -0.05) is 36.6 Å². The summed E-state index contributed by atoms with van der Waals surface area (Å²) >= 11 is 0. The molecule has 3 fully saturated rings. The second-order valence-corrected chi connectivity index (χ2v) is 8.72. The third-order valence-electron chi connectivity index (χ3n) is 8.07. The average molecular weight is 326 g/mol. The van der Waals surface area contributed by atoms with Gasteiger partial charge in [0.05, 0.1) is 6.10 Å². The lowest BCUT2D eigenvalue weighted by Crippen LogP contribution is -2.54. The predicted molar refractivity (Wildman–Crippen MR) is 96.0 cm³/mol. The zero-order valence-electron chi connectivity index (χ0n) is 14.8. The molecule has 0 aliphatic heterocycles. The van der Waals surface area contributed by atoms with Gasteiger partial charge in [-0.05, 0) is 75.0 Å². The number of rotatable bonds is 1. The summed E-state index contributed by atoms with van der Waals surface area (Å²) in [5.41, 5.74) is 1.64. The van der Waals surface area contributed by atoms with Crippen molar-refractivity contribution >= 4 is 0 Å². The predicted octanol–water partition coefficient (Wildman–Crippen LogP) is 3.84. The summed E-state index contributed by atoms with van der Waals surface area (Å²) in [5.74, 6) is 5.00. The Hall–Kier alpha value is -1.04. The van der Waals surface area contributed by atoms with Crippen LogP contribution in [-0.4, -0.2) is 21.9 Å². The van der Waals surface area contributed by atoms with Gasteiger partial charge in [0.15, 0.2) is 0 Å². The minimum Gasteiger partial charge on any atom is -0.389 e. The monoisotopic (exact) mass is 326 g/mol. The van der Waals surface area contributed by atoms with Crippen molar-refractivity contribution in [1.82, 2.24) is 0 Å². The first-order valence-corrected chi connectivity index (χ1v) is 9.72. The largest absolute Gasteiger partial charge is 0.389 e. The zero-order chi connectivity index (χ0) is 17.1. The SMILES string of the molecule is C#C[C@]1(O)CC[C@H]2[C@@H]3CCC4=CC(O)CC[C@@H]4[C@H]3C(=C)C[C@@]21CC. The Morgan fingerprint density at radius 3 is 2.83 bits per heavy atom. The summed E-state index contributed by atoms with van der Waals surface area (Å²) in [6, 6.07) is 0. The molecule has 24 heavy (non-hydrogen) atoms. The minimum atomic E-state index is -0.959. The lowest BCUT2D eigenvalue weighted by Gasteiger charge is -2.57. The molecule has 4 aliphatic rings. The highest BCUT2D eigenvalue weighted by Gasteiger charge is 2.64. The van der Waals surface area contributed by atoms with Crippen LogP contribution in [0.2, 0.25) is 0 Å². The van der Waals surface area contributed by atoms with Crippen LogP contribution in [0.1, 0.15) is 58.3 Å². The van der Waals surface area contributed by atoms with E-state index in [1.165, 1.54) is 11.1 Å². The van der Waals surface area contributed by atoms with Crippen LogP contribution in [-0.2, 0) is 0 Å². The van der Waals surface area contributed by atoms with Crippen molar-refractivity contribution < 1.29 is 10.2 Å². The van der Waals surface area contributed by atoms with Crippen LogP contribution >= 0.6 is 0 Å². The Bertz CT molecular complexity index is 626. The van der Waals surface area contributed by atoms with Crippen molar-refractivity contribution in [2.45, 2.75) is 70.0 Å². The maximum Gasteiger partial charge on any atom is 0.131 e. The lowest BCUT2D eigenvalue weighted by molar-refractivity contribution is -0.0794. The van der Waals surface area contributed by atoms with Crippen LogP contribution in [0.3, 0.4) is 0 Å². The Morgan fingerprint density at radius 2 is 2.12 bits per heavy atom. The third-order valence-corrected chi connectivity index (χ3v) is 8.07. The molecule has 4 rings (SSSR count). The van der Waals surface area contributed by atoms with E-state index >= 15 is 0 Å². The summed E-state index contributed by atoms with van der Waals surface area (Å²) in [6.45, 7) is 6.69. The van der Waals surface area contributed by atoms with Crippen LogP contribution < -0.4 is 0 Å². The summed E-state index contributed by atoms with van der Waals surface area (Å²) in [7, 11) is 0. The van der Waals surface area contributed by atoms with Crippen molar-refractivity contribution in [2.75, 3.05) is 0 Å². The molecule has 2 heteroatoms. The number of fused-ring (bicyclic) bond motifs is 5. The van der Waals surface area contributed by atoms with Gasteiger partial charge in [0.25, 0.3) is 0 Å². The van der Waals surface area contributed by atoms with E-state index in [4.69, 9.17) is 6.42 Å². The molecule has 2 N–H and O–H groups in total. The van der Waals surface area contributed by atoms with Crippen LogP contribution in [0.4, 0.5) is 0 Å². The highest BCUT2D eigenvalue weighted by Crippen LogP contribution is 2.67. The number of hydrogen-bond donors (Lipinski definition) is 2. The quantitative estimate of drug-likeness (QED) is 0.568. The van der Waals surface area contributed by atoms with Crippen molar-refractivity contribution in [3.05, 3.63) is 23.8 Å². The Labute approximate surface area is 146 Å². The number of terminal acetylenes is 1. The topological polar surface area (TPSA) is 40.5 Å². The van der Waals surface area contributed by atoms with E-state index in [0.29, 0.717) is 23.7 Å². The first-order valence-electron chi connectivity index (χ1n) is 9.72. The molecular formula is C22H30O2. The van der Waals surface area contributed by atoms with E-state index in [1.807, 2.05) is 0 Å². The molecule has 7 atom stereocenters. The molecule has 130 valence electrons. The Morgan fingerprint density at radius 1 is 1.33 bits per heavy atom. The molecule has 4 aliphatic carbocycles. The van der Waals surface area contributed by atoms with Gasteiger partial charge in [-0.2, -0.15) is 0 Å². The van der Waals surface area contributed by atoms with Crippen LogP contribution in [0, 0.1) is 41.4 Å². The molecule has 0 bridgehead atoms. The minimum absolute atomic E-state index is 0.171. The highest BCUT2D eigenvalue weighted by atomic mass is 16.3. The summed E-state index contributed by atoms with van der Waals surface area (Å²) < 4.78 is 0. The van der Waals surface area contributed by atoms with Gasteiger partial charge < -0.3 is 10.2 Å². The zero-order valence-corrected chi connectivity index (χ0v) is 14.8. The van der Waals surface area contributed by atoms with E-state index in [-0.39, 0.29) is 11.5 Å². The van der Waals surface area contributed by atoms with Gasteiger partial charge in [0, 0.05) is 5.41 Å². The fourth-order valence-corrected chi connectivity index (χ4v) is 7.03. The van der Waals surface area contributed by atoms with Gasteiger partial charge in [0.2, 0.25) is 0 Å². The molecule has 0 saturated heterocycles. The molecule has 2 nitrogen and oxygen atoms in total. The van der Waals surface area contributed by atoms with Gasteiger partial charge in [0.1, 0.15) is 5.60 Å². The molecule has 0 aromatic carbocycles. The summed E-state index contributed by atoms with van der Waals surface area (Å²) in [4.78, 5) is 0. The van der Waals surface area contributed by atoms with Crippen molar-refractivity contribution in [3.8, 4) is 12.3 Å². The van der Waals surface area contributed by atoms with E-state index < -0.39 is 5.60 Å². The van der Waals surface area contributed by atoms with Crippen LogP contribution in [0.5, 0.6) is 0 Å². The molecule has 0 spiro atoms. The smallest absolute Gasteiger partial charge is 0.131 e. The lowest BCUT2D eigenvalue weighted by atomic mass is 9.48. The fraction of sp³-hybridized carbons (Fsp3) is 0.727. The first kappa shape index (κ1) is 16.4. The normalized spacial score (nSPS) is 50.3. The molecule has 3 saturated carbocycles. The van der Waals surface area contributed by atoms with Gasteiger partial charge in [-0.25, -0.2) is 0 Å². The molecule has 0 radical (unpaired) electrons. The third kappa shape index (κ3) is 1.98. The van der Waals surface area contributed by atoms with E-state index in [9.17, 15) is 10.2 Å². The molecule has 0 aromatic rings. The first-order chi connectivity index (χ1) is 11.5.